The number of hydrogen-bond donors (Lipinski definition) is 2. The number of halogens is 4. The number of nitrogens with one attached hydrogen (secondary N) is 2. The van der Waals surface area contributed by atoms with Crippen LogP contribution >= 0.6 is 15.9 Å². The van der Waals surface area contributed by atoms with E-state index in [9.17, 15) is 32.3 Å². The lowest BCUT2D eigenvalue weighted by molar-refractivity contribution is -0.167. The van der Waals surface area contributed by atoms with E-state index in [-0.39, 0.29) is 22.5 Å². The Balaban J connectivity index is 1.68. The molecule has 0 unspecified atom stereocenters. The molecule has 3 rings (SSSR count). The lowest BCUT2D eigenvalue weighted by Gasteiger charge is -2.14. The van der Waals surface area contributed by atoms with Gasteiger partial charge in [-0.3, -0.25) is 24.1 Å². The first kappa shape index (κ1) is 20.5. The predicted molar refractivity (Wildman–Crippen MR) is 99.3 cm³/mol. The van der Waals surface area contributed by atoms with Gasteiger partial charge in [0.2, 0.25) is 5.91 Å². The Labute approximate surface area is 170 Å². The van der Waals surface area contributed by atoms with Crippen LogP contribution in [0.2, 0.25) is 0 Å². The standard InChI is InChI=1S/C18H11BrF3N3O4/c19-9-4-5-12-13(6-9)16(28)25(15(12)27)8-14(26)23-10-2-1-3-11(7-10)24-17(29)18(20,21)22/h1-7H,8H2,(H,23,26)(H,24,29). The van der Waals surface area contributed by atoms with Crippen LogP contribution in [-0.2, 0) is 9.59 Å². The highest BCUT2D eigenvalue weighted by Crippen LogP contribution is 2.26. The normalized spacial score (nSPS) is 13.3. The van der Waals surface area contributed by atoms with Crippen molar-refractivity contribution in [1.29, 1.82) is 0 Å². The fraction of sp³-hybridized carbons (Fsp3) is 0.111. The molecule has 2 N–H and O–H groups in total. The molecule has 0 spiro atoms. The van der Waals surface area contributed by atoms with E-state index >= 15 is 0 Å². The highest BCUT2D eigenvalue weighted by atomic mass is 79.9. The van der Waals surface area contributed by atoms with Gasteiger partial charge in [-0.05, 0) is 36.4 Å². The van der Waals surface area contributed by atoms with Crippen molar-refractivity contribution in [2.75, 3.05) is 17.2 Å². The van der Waals surface area contributed by atoms with Gasteiger partial charge in [-0.15, -0.1) is 0 Å². The zero-order chi connectivity index (χ0) is 21.3. The van der Waals surface area contributed by atoms with Gasteiger partial charge >= 0.3 is 12.1 Å². The number of fused-ring (bicyclic) bond motifs is 1. The lowest BCUT2D eigenvalue weighted by Crippen LogP contribution is -2.37. The molecule has 2 aromatic carbocycles. The Hall–Kier alpha value is -3.21. The summed E-state index contributed by atoms with van der Waals surface area (Å²) < 4.78 is 37.6. The van der Waals surface area contributed by atoms with Crippen LogP contribution in [0.15, 0.2) is 46.9 Å². The second kappa shape index (κ2) is 7.66. The van der Waals surface area contributed by atoms with E-state index in [1.54, 1.807) is 11.4 Å². The Morgan fingerprint density at radius 3 is 2.21 bits per heavy atom. The molecule has 0 bridgehead atoms. The average molecular weight is 470 g/mol. The van der Waals surface area contributed by atoms with Crippen molar-refractivity contribution < 1.29 is 32.3 Å². The molecule has 0 aliphatic carbocycles. The summed E-state index contributed by atoms with van der Waals surface area (Å²) in [6.07, 6.45) is -5.06. The zero-order valence-corrected chi connectivity index (χ0v) is 15.9. The van der Waals surface area contributed by atoms with Crippen LogP contribution in [0.4, 0.5) is 24.5 Å². The van der Waals surface area contributed by atoms with E-state index in [1.165, 1.54) is 30.3 Å². The number of anilines is 2. The summed E-state index contributed by atoms with van der Waals surface area (Å²) in [5, 5.41) is 4.04. The highest BCUT2D eigenvalue weighted by molar-refractivity contribution is 9.10. The molecule has 1 aliphatic rings. The Morgan fingerprint density at radius 2 is 1.55 bits per heavy atom. The summed E-state index contributed by atoms with van der Waals surface area (Å²) >= 11 is 3.20. The molecule has 11 heteroatoms. The molecule has 0 saturated heterocycles. The maximum Gasteiger partial charge on any atom is 0.471 e. The van der Waals surface area contributed by atoms with E-state index in [0.717, 1.165) is 11.0 Å². The molecule has 1 aliphatic heterocycles. The molecule has 0 radical (unpaired) electrons. The van der Waals surface area contributed by atoms with Gasteiger partial charge in [0.15, 0.2) is 0 Å². The molecule has 4 amide bonds. The number of imide groups is 1. The summed E-state index contributed by atoms with van der Waals surface area (Å²) in [5.41, 5.74) is 0.224. The van der Waals surface area contributed by atoms with Gasteiger partial charge in [-0.2, -0.15) is 13.2 Å². The maximum atomic E-state index is 12.4. The van der Waals surface area contributed by atoms with Crippen LogP contribution in [0.25, 0.3) is 0 Å². The number of alkyl halides is 3. The molecular weight excluding hydrogens is 459 g/mol. The zero-order valence-electron chi connectivity index (χ0n) is 14.3. The van der Waals surface area contributed by atoms with Crippen molar-refractivity contribution in [2.45, 2.75) is 6.18 Å². The monoisotopic (exact) mass is 469 g/mol. The van der Waals surface area contributed by atoms with Crippen LogP contribution in [-0.4, -0.2) is 41.2 Å². The van der Waals surface area contributed by atoms with Crippen molar-refractivity contribution >= 4 is 50.9 Å². The smallest absolute Gasteiger partial charge is 0.324 e. The summed E-state index contributed by atoms with van der Waals surface area (Å²) in [7, 11) is 0. The molecule has 0 aromatic heterocycles. The lowest BCUT2D eigenvalue weighted by atomic mass is 10.1. The number of hydrogen-bond acceptors (Lipinski definition) is 4. The third-order valence-corrected chi connectivity index (χ3v) is 4.39. The molecule has 150 valence electrons. The SMILES string of the molecule is O=C(CN1C(=O)c2ccc(Br)cc2C1=O)Nc1cccc(NC(=O)C(F)(F)F)c1. The van der Waals surface area contributed by atoms with Crippen LogP contribution in [0.5, 0.6) is 0 Å². The molecular formula is C18H11BrF3N3O4. The number of carbonyl (C=O) groups is 4. The van der Waals surface area contributed by atoms with Crippen molar-refractivity contribution in [2.24, 2.45) is 0 Å². The van der Waals surface area contributed by atoms with Crippen LogP contribution in [0.1, 0.15) is 20.7 Å². The Kier molecular flexibility index (Phi) is 5.42. The average Bonchev–Trinajstić information content (AvgIpc) is 2.85. The Bertz CT molecular complexity index is 1040. The number of benzene rings is 2. The summed E-state index contributed by atoms with van der Waals surface area (Å²) in [4.78, 5) is 48.7. The highest BCUT2D eigenvalue weighted by Gasteiger charge is 2.39. The molecule has 0 atom stereocenters. The van der Waals surface area contributed by atoms with Gasteiger partial charge in [0.1, 0.15) is 6.54 Å². The second-order valence-electron chi connectivity index (χ2n) is 5.97. The number of rotatable bonds is 4. The van der Waals surface area contributed by atoms with E-state index in [2.05, 4.69) is 21.2 Å². The minimum absolute atomic E-state index is 0.0781. The molecule has 29 heavy (non-hydrogen) atoms. The number of amides is 4. The van der Waals surface area contributed by atoms with E-state index in [0.29, 0.717) is 4.47 Å². The van der Waals surface area contributed by atoms with Crippen molar-refractivity contribution in [1.82, 2.24) is 4.90 Å². The molecule has 2 aromatic rings. The molecule has 1 heterocycles. The van der Waals surface area contributed by atoms with Crippen molar-refractivity contribution in [3.63, 3.8) is 0 Å². The van der Waals surface area contributed by atoms with Gasteiger partial charge in [0.25, 0.3) is 11.8 Å². The Morgan fingerprint density at radius 1 is 0.931 bits per heavy atom. The third-order valence-electron chi connectivity index (χ3n) is 3.90. The maximum absolute atomic E-state index is 12.4. The van der Waals surface area contributed by atoms with Gasteiger partial charge in [0.05, 0.1) is 11.1 Å². The van der Waals surface area contributed by atoms with E-state index in [1.807, 2.05) is 0 Å². The topological polar surface area (TPSA) is 95.6 Å². The fourth-order valence-corrected chi connectivity index (χ4v) is 2.99. The van der Waals surface area contributed by atoms with Crippen LogP contribution in [0, 0.1) is 0 Å². The van der Waals surface area contributed by atoms with Gasteiger partial charge < -0.3 is 10.6 Å². The number of carbonyl (C=O) groups excluding carboxylic acids is 4. The summed E-state index contributed by atoms with van der Waals surface area (Å²) in [5.74, 6) is -4.15. The molecule has 0 saturated carbocycles. The fourth-order valence-electron chi connectivity index (χ4n) is 2.63. The predicted octanol–water partition coefficient (Wildman–Crippen LogP) is 3.18. The quantitative estimate of drug-likeness (QED) is 0.672. The van der Waals surface area contributed by atoms with Crippen molar-refractivity contribution in [3.05, 3.63) is 58.1 Å². The summed E-state index contributed by atoms with van der Waals surface area (Å²) in [6.45, 7) is -0.580. The minimum atomic E-state index is -5.06. The van der Waals surface area contributed by atoms with E-state index in [4.69, 9.17) is 0 Å². The van der Waals surface area contributed by atoms with E-state index < -0.39 is 36.3 Å². The van der Waals surface area contributed by atoms with Gasteiger partial charge in [-0.1, -0.05) is 22.0 Å². The third kappa shape index (κ3) is 4.45. The first-order valence-corrected chi connectivity index (χ1v) is 8.79. The molecule has 7 nitrogen and oxygen atoms in total. The molecule has 0 fully saturated rings. The first-order chi connectivity index (χ1) is 13.6. The summed E-state index contributed by atoms with van der Waals surface area (Å²) in [6, 6.07) is 9.54. The van der Waals surface area contributed by atoms with Gasteiger partial charge in [0, 0.05) is 15.8 Å². The van der Waals surface area contributed by atoms with Gasteiger partial charge in [-0.25, -0.2) is 0 Å². The number of nitrogens with zero attached hydrogens (tertiary/aromatic N) is 1. The van der Waals surface area contributed by atoms with Crippen LogP contribution < -0.4 is 10.6 Å². The minimum Gasteiger partial charge on any atom is -0.324 e. The van der Waals surface area contributed by atoms with Crippen LogP contribution in [0.3, 0.4) is 0 Å². The largest absolute Gasteiger partial charge is 0.471 e. The second-order valence-corrected chi connectivity index (χ2v) is 6.88. The van der Waals surface area contributed by atoms with Crippen molar-refractivity contribution in [3.8, 4) is 0 Å². The first-order valence-electron chi connectivity index (χ1n) is 8.00.